The van der Waals surface area contributed by atoms with Gasteiger partial charge in [0, 0.05) is 24.2 Å². The average molecular weight is 292 g/mol. The van der Waals surface area contributed by atoms with Crippen LogP contribution >= 0.6 is 0 Å². The summed E-state index contributed by atoms with van der Waals surface area (Å²) in [7, 11) is 0. The Morgan fingerprint density at radius 3 is 2.71 bits per heavy atom. The summed E-state index contributed by atoms with van der Waals surface area (Å²) in [6.07, 6.45) is 0.353. The molecule has 1 unspecified atom stereocenters. The van der Waals surface area contributed by atoms with Crippen LogP contribution in [0.15, 0.2) is 18.2 Å². The van der Waals surface area contributed by atoms with Gasteiger partial charge in [0.1, 0.15) is 6.04 Å². The molecule has 1 amide bonds. The molecule has 0 aromatic heterocycles. The Hall–Kier alpha value is -2.57. The van der Waals surface area contributed by atoms with E-state index < -0.39 is 23.9 Å². The molecule has 1 aliphatic rings. The first-order valence-electron chi connectivity index (χ1n) is 6.59. The second-order valence-corrected chi connectivity index (χ2v) is 4.85. The maximum Gasteiger partial charge on any atom is 0.326 e. The van der Waals surface area contributed by atoms with Crippen molar-refractivity contribution in [3.63, 3.8) is 0 Å². The van der Waals surface area contributed by atoms with E-state index in [9.17, 15) is 14.4 Å². The van der Waals surface area contributed by atoms with Crippen LogP contribution in [0.3, 0.4) is 0 Å². The van der Waals surface area contributed by atoms with E-state index in [0.717, 1.165) is 24.2 Å². The lowest BCUT2D eigenvalue weighted by molar-refractivity contribution is -0.140. The molecule has 1 heterocycles. The molecule has 0 saturated carbocycles. The van der Waals surface area contributed by atoms with Gasteiger partial charge in [-0.2, -0.15) is 0 Å². The first-order valence-corrected chi connectivity index (χ1v) is 6.59. The number of carboxylic acids is 2. The van der Waals surface area contributed by atoms with E-state index in [0.29, 0.717) is 5.56 Å². The molecule has 7 heteroatoms. The maximum atomic E-state index is 12.1. The highest BCUT2D eigenvalue weighted by Gasteiger charge is 2.22. The summed E-state index contributed by atoms with van der Waals surface area (Å²) >= 11 is 0. The molecule has 0 aliphatic carbocycles. The van der Waals surface area contributed by atoms with Gasteiger partial charge in [-0.3, -0.25) is 9.59 Å². The van der Waals surface area contributed by atoms with Crippen LogP contribution in [0.25, 0.3) is 0 Å². The van der Waals surface area contributed by atoms with E-state index in [-0.39, 0.29) is 12.8 Å². The van der Waals surface area contributed by atoms with E-state index in [1.165, 1.54) is 0 Å². The second-order valence-electron chi connectivity index (χ2n) is 4.85. The molecule has 0 fully saturated rings. The zero-order chi connectivity index (χ0) is 15.4. The quantitative estimate of drug-likeness (QED) is 0.613. The van der Waals surface area contributed by atoms with Crippen molar-refractivity contribution in [2.45, 2.75) is 25.3 Å². The smallest absolute Gasteiger partial charge is 0.326 e. The molecule has 0 spiro atoms. The number of carboxylic acid groups (broad SMARTS) is 2. The van der Waals surface area contributed by atoms with Gasteiger partial charge in [0.25, 0.3) is 5.91 Å². The predicted octanol–water partition coefficient (Wildman–Crippen LogP) is 0.702. The van der Waals surface area contributed by atoms with E-state index in [1.54, 1.807) is 18.2 Å². The van der Waals surface area contributed by atoms with Gasteiger partial charge in [-0.25, -0.2) is 4.79 Å². The molecule has 2 rings (SSSR count). The summed E-state index contributed by atoms with van der Waals surface area (Å²) in [5.74, 6) is -2.85. The molecule has 1 aliphatic heterocycles. The maximum absolute atomic E-state index is 12.1. The van der Waals surface area contributed by atoms with Crippen LogP contribution in [-0.2, 0) is 16.0 Å². The van der Waals surface area contributed by atoms with Crippen LogP contribution in [0, 0.1) is 0 Å². The molecule has 1 atom stereocenters. The minimum atomic E-state index is -1.24. The van der Waals surface area contributed by atoms with Crippen LogP contribution in [0.4, 0.5) is 5.69 Å². The van der Waals surface area contributed by atoms with E-state index >= 15 is 0 Å². The van der Waals surface area contributed by atoms with Crippen molar-refractivity contribution in [2.24, 2.45) is 0 Å². The number of hydrogen-bond donors (Lipinski definition) is 4. The van der Waals surface area contributed by atoms with Crippen LogP contribution < -0.4 is 10.6 Å². The van der Waals surface area contributed by atoms with Crippen molar-refractivity contribution in [3.05, 3.63) is 29.3 Å². The molecular formula is C14H16N2O5. The zero-order valence-electron chi connectivity index (χ0n) is 11.3. The number of fused-ring (bicyclic) bond motifs is 1. The van der Waals surface area contributed by atoms with Crippen LogP contribution in [0.5, 0.6) is 0 Å². The molecular weight excluding hydrogens is 276 g/mol. The number of amides is 1. The van der Waals surface area contributed by atoms with Gasteiger partial charge in [0.15, 0.2) is 0 Å². The normalized spacial score (nSPS) is 13.9. The molecule has 21 heavy (non-hydrogen) atoms. The SMILES string of the molecule is O=C(O)CCC(NC(=O)c1ccc2c(c1)CCN2)C(=O)O. The topological polar surface area (TPSA) is 116 Å². The Morgan fingerprint density at radius 2 is 2.05 bits per heavy atom. The van der Waals surface area contributed by atoms with Gasteiger partial charge in [-0.15, -0.1) is 0 Å². The Labute approximate surface area is 121 Å². The van der Waals surface area contributed by atoms with E-state index in [1.807, 2.05) is 0 Å². The highest BCUT2D eigenvalue weighted by atomic mass is 16.4. The van der Waals surface area contributed by atoms with Crippen molar-refractivity contribution < 1.29 is 24.6 Å². The average Bonchev–Trinajstić information content (AvgIpc) is 2.89. The number of carbonyl (C=O) groups excluding carboxylic acids is 1. The zero-order valence-corrected chi connectivity index (χ0v) is 11.3. The number of carbonyl (C=O) groups is 3. The van der Waals surface area contributed by atoms with Crippen molar-refractivity contribution in [2.75, 3.05) is 11.9 Å². The number of aliphatic carboxylic acids is 2. The van der Waals surface area contributed by atoms with Gasteiger partial charge < -0.3 is 20.8 Å². The molecule has 112 valence electrons. The molecule has 0 bridgehead atoms. The summed E-state index contributed by atoms with van der Waals surface area (Å²) in [5.41, 5.74) is 2.37. The Balaban J connectivity index is 2.04. The monoisotopic (exact) mass is 292 g/mol. The number of hydrogen-bond acceptors (Lipinski definition) is 4. The van der Waals surface area contributed by atoms with Crippen molar-refractivity contribution >= 4 is 23.5 Å². The fourth-order valence-corrected chi connectivity index (χ4v) is 2.21. The third kappa shape index (κ3) is 3.71. The predicted molar refractivity (Wildman–Crippen MR) is 74.4 cm³/mol. The first-order chi connectivity index (χ1) is 9.97. The van der Waals surface area contributed by atoms with Crippen molar-refractivity contribution in [1.29, 1.82) is 0 Å². The summed E-state index contributed by atoms with van der Waals surface area (Å²) in [5, 5.41) is 23.1. The van der Waals surface area contributed by atoms with Crippen molar-refractivity contribution in [1.82, 2.24) is 5.32 Å². The number of rotatable bonds is 6. The number of benzene rings is 1. The molecule has 4 N–H and O–H groups in total. The highest BCUT2D eigenvalue weighted by molar-refractivity contribution is 5.97. The second kappa shape index (κ2) is 6.25. The van der Waals surface area contributed by atoms with Crippen LogP contribution in [0.1, 0.15) is 28.8 Å². The Bertz CT molecular complexity index is 585. The summed E-state index contributed by atoms with van der Waals surface area (Å²) < 4.78 is 0. The molecule has 1 aromatic rings. The lowest BCUT2D eigenvalue weighted by Crippen LogP contribution is -2.41. The van der Waals surface area contributed by atoms with Gasteiger partial charge in [0.2, 0.25) is 0 Å². The fraction of sp³-hybridized carbons (Fsp3) is 0.357. The van der Waals surface area contributed by atoms with E-state index in [2.05, 4.69) is 10.6 Å². The third-order valence-electron chi connectivity index (χ3n) is 3.33. The van der Waals surface area contributed by atoms with Crippen molar-refractivity contribution in [3.8, 4) is 0 Å². The highest BCUT2D eigenvalue weighted by Crippen LogP contribution is 2.23. The number of nitrogens with one attached hydrogen (secondary N) is 2. The first kappa shape index (κ1) is 14.8. The van der Waals surface area contributed by atoms with Gasteiger partial charge in [0.05, 0.1) is 0 Å². The molecule has 7 nitrogen and oxygen atoms in total. The third-order valence-corrected chi connectivity index (χ3v) is 3.33. The Kier molecular flexibility index (Phi) is 4.42. The van der Waals surface area contributed by atoms with Gasteiger partial charge in [-0.05, 0) is 36.6 Å². The minimum Gasteiger partial charge on any atom is -0.481 e. The lowest BCUT2D eigenvalue weighted by atomic mass is 10.1. The van der Waals surface area contributed by atoms with Crippen LogP contribution in [0.2, 0.25) is 0 Å². The molecule has 0 radical (unpaired) electrons. The molecule has 0 saturated heterocycles. The standard InChI is InChI=1S/C14H16N2O5/c17-12(18)4-3-11(14(20)21)16-13(19)9-1-2-10-8(7-9)5-6-15-10/h1-2,7,11,15H,3-6H2,(H,16,19)(H,17,18)(H,20,21). The minimum absolute atomic E-state index is 0.150. The number of anilines is 1. The van der Waals surface area contributed by atoms with E-state index in [4.69, 9.17) is 10.2 Å². The Morgan fingerprint density at radius 1 is 1.29 bits per heavy atom. The van der Waals surface area contributed by atoms with Crippen LogP contribution in [-0.4, -0.2) is 40.6 Å². The fourth-order valence-electron chi connectivity index (χ4n) is 2.21. The summed E-state index contributed by atoms with van der Waals surface area (Å²) in [4.78, 5) is 33.6. The summed E-state index contributed by atoms with van der Waals surface area (Å²) in [6.45, 7) is 0.816. The largest absolute Gasteiger partial charge is 0.481 e. The lowest BCUT2D eigenvalue weighted by Gasteiger charge is -2.14. The van der Waals surface area contributed by atoms with Gasteiger partial charge >= 0.3 is 11.9 Å². The molecule has 1 aromatic carbocycles. The summed E-state index contributed by atoms with van der Waals surface area (Å²) in [6, 6.07) is 3.91. The van der Waals surface area contributed by atoms with Gasteiger partial charge in [-0.1, -0.05) is 0 Å².